The van der Waals surface area contributed by atoms with E-state index in [-0.39, 0.29) is 4.90 Å². The Kier molecular flexibility index (Phi) is 4.46. The lowest BCUT2D eigenvalue weighted by atomic mass is 10.1. The fraction of sp³-hybridized carbons (Fsp3) is 0.105. The zero-order valence-electron chi connectivity index (χ0n) is 13.8. The molecule has 1 N–H and O–H groups in total. The van der Waals surface area contributed by atoms with Crippen molar-refractivity contribution in [3.63, 3.8) is 0 Å². The number of carbonyl (C=O) groups is 1. The molecule has 0 amide bonds. The van der Waals surface area contributed by atoms with Crippen molar-refractivity contribution in [3.05, 3.63) is 66.2 Å². The molecule has 0 bridgehead atoms. The van der Waals surface area contributed by atoms with E-state index in [0.717, 1.165) is 5.56 Å². The number of anilines is 1. The second-order valence-electron chi connectivity index (χ2n) is 5.67. The number of nitrogens with one attached hydrogen (secondary N) is 1. The monoisotopic (exact) mass is 355 g/mol. The van der Waals surface area contributed by atoms with Gasteiger partial charge in [-0.25, -0.2) is 8.42 Å². The molecule has 0 aliphatic carbocycles. The van der Waals surface area contributed by atoms with Crippen LogP contribution in [0, 0.1) is 6.92 Å². The van der Waals surface area contributed by atoms with Gasteiger partial charge in [0.1, 0.15) is 5.75 Å². The number of sulfonamides is 1. The number of esters is 1. The van der Waals surface area contributed by atoms with Crippen LogP contribution in [0.1, 0.15) is 12.5 Å². The molecular weight excluding hydrogens is 338 g/mol. The van der Waals surface area contributed by atoms with Gasteiger partial charge in [-0.05, 0) is 31.2 Å². The lowest BCUT2D eigenvalue weighted by Gasteiger charge is -2.13. The van der Waals surface area contributed by atoms with Crippen LogP contribution in [0.3, 0.4) is 0 Å². The lowest BCUT2D eigenvalue weighted by molar-refractivity contribution is -0.131. The molecule has 128 valence electrons. The van der Waals surface area contributed by atoms with Gasteiger partial charge < -0.3 is 4.74 Å². The van der Waals surface area contributed by atoms with Crippen LogP contribution in [0.25, 0.3) is 10.8 Å². The van der Waals surface area contributed by atoms with Crippen molar-refractivity contribution in [2.45, 2.75) is 18.7 Å². The Morgan fingerprint density at radius 3 is 2.20 bits per heavy atom. The van der Waals surface area contributed by atoms with Gasteiger partial charge in [-0.3, -0.25) is 9.52 Å². The van der Waals surface area contributed by atoms with Gasteiger partial charge in [-0.15, -0.1) is 0 Å². The molecule has 0 heterocycles. The largest absolute Gasteiger partial charge is 0.426 e. The van der Waals surface area contributed by atoms with Gasteiger partial charge in [0, 0.05) is 17.7 Å². The summed E-state index contributed by atoms with van der Waals surface area (Å²) in [4.78, 5) is 11.4. The zero-order chi connectivity index (χ0) is 18.0. The Morgan fingerprint density at radius 2 is 1.56 bits per heavy atom. The first-order chi connectivity index (χ1) is 11.9. The highest BCUT2D eigenvalue weighted by atomic mass is 32.2. The first kappa shape index (κ1) is 17.0. The molecule has 0 unspecified atom stereocenters. The minimum Gasteiger partial charge on any atom is -0.426 e. The average Bonchev–Trinajstić information content (AvgIpc) is 2.57. The Balaban J connectivity index is 2.05. The lowest BCUT2D eigenvalue weighted by Crippen LogP contribution is -2.13. The minimum atomic E-state index is -3.72. The highest BCUT2D eigenvalue weighted by Crippen LogP contribution is 2.33. The number of hydrogen-bond donors (Lipinski definition) is 1. The van der Waals surface area contributed by atoms with Crippen molar-refractivity contribution < 1.29 is 17.9 Å². The first-order valence-corrected chi connectivity index (χ1v) is 9.15. The summed E-state index contributed by atoms with van der Waals surface area (Å²) in [6.07, 6.45) is 0. The van der Waals surface area contributed by atoms with Crippen LogP contribution in [-0.2, 0) is 14.8 Å². The number of carbonyl (C=O) groups excluding carboxylic acids is 1. The van der Waals surface area contributed by atoms with E-state index in [1.54, 1.807) is 60.7 Å². The summed E-state index contributed by atoms with van der Waals surface area (Å²) < 4.78 is 33.0. The highest BCUT2D eigenvalue weighted by molar-refractivity contribution is 7.92. The average molecular weight is 355 g/mol. The summed E-state index contributed by atoms with van der Waals surface area (Å²) in [6, 6.07) is 16.9. The molecule has 3 aromatic rings. The van der Waals surface area contributed by atoms with Gasteiger partial charge in [0.25, 0.3) is 10.0 Å². The molecule has 0 aliphatic rings. The van der Waals surface area contributed by atoms with Crippen molar-refractivity contribution in [1.82, 2.24) is 0 Å². The van der Waals surface area contributed by atoms with Crippen LogP contribution in [0.15, 0.2) is 65.6 Å². The van der Waals surface area contributed by atoms with Gasteiger partial charge in [0.2, 0.25) is 0 Å². The molecule has 0 aromatic heterocycles. The van der Waals surface area contributed by atoms with E-state index < -0.39 is 16.0 Å². The normalized spacial score (nSPS) is 11.3. The van der Waals surface area contributed by atoms with E-state index in [0.29, 0.717) is 22.2 Å². The summed E-state index contributed by atoms with van der Waals surface area (Å²) in [5, 5.41) is 1.30. The molecule has 25 heavy (non-hydrogen) atoms. The molecule has 3 rings (SSSR count). The van der Waals surface area contributed by atoms with Crippen LogP contribution in [0.4, 0.5) is 5.69 Å². The third kappa shape index (κ3) is 3.64. The van der Waals surface area contributed by atoms with Gasteiger partial charge in [0.05, 0.1) is 10.6 Å². The Morgan fingerprint density at radius 1 is 0.920 bits per heavy atom. The summed E-state index contributed by atoms with van der Waals surface area (Å²) in [6.45, 7) is 3.22. The van der Waals surface area contributed by atoms with Gasteiger partial charge in [0.15, 0.2) is 0 Å². The van der Waals surface area contributed by atoms with Crippen molar-refractivity contribution in [2.75, 3.05) is 4.72 Å². The summed E-state index contributed by atoms with van der Waals surface area (Å²) in [5.41, 5.74) is 1.40. The molecule has 0 fully saturated rings. The van der Waals surface area contributed by atoms with E-state index >= 15 is 0 Å². The third-order valence-corrected chi connectivity index (χ3v) is 5.09. The van der Waals surface area contributed by atoms with Crippen molar-refractivity contribution in [2.24, 2.45) is 0 Å². The zero-order valence-corrected chi connectivity index (χ0v) is 14.6. The minimum absolute atomic E-state index is 0.186. The number of fused-ring (bicyclic) bond motifs is 1. The van der Waals surface area contributed by atoms with E-state index in [2.05, 4.69) is 4.72 Å². The summed E-state index contributed by atoms with van der Waals surface area (Å²) >= 11 is 0. The second-order valence-corrected chi connectivity index (χ2v) is 7.35. The Labute approximate surface area is 146 Å². The van der Waals surface area contributed by atoms with E-state index in [1.165, 1.54) is 6.92 Å². The van der Waals surface area contributed by atoms with Crippen molar-refractivity contribution in [3.8, 4) is 5.75 Å². The number of hydrogen-bond acceptors (Lipinski definition) is 4. The van der Waals surface area contributed by atoms with Gasteiger partial charge in [-0.1, -0.05) is 42.0 Å². The molecule has 0 atom stereocenters. The standard InChI is InChI=1S/C19H17NO4S/c1-13-7-9-15(10-8-13)25(22,23)20-18-11-12-19(24-14(2)21)17-6-4-3-5-16(17)18/h3-12,20H,1-2H3. The predicted molar refractivity (Wildman–Crippen MR) is 97.2 cm³/mol. The fourth-order valence-corrected chi connectivity index (χ4v) is 3.61. The quantitative estimate of drug-likeness (QED) is 0.569. The van der Waals surface area contributed by atoms with Crippen molar-refractivity contribution in [1.29, 1.82) is 0 Å². The SMILES string of the molecule is CC(=O)Oc1ccc(NS(=O)(=O)c2ccc(C)cc2)c2ccccc12. The third-order valence-electron chi connectivity index (χ3n) is 3.71. The molecule has 6 heteroatoms. The van der Waals surface area contributed by atoms with Crippen LogP contribution >= 0.6 is 0 Å². The number of rotatable bonds is 4. The van der Waals surface area contributed by atoms with Crippen LogP contribution < -0.4 is 9.46 Å². The Bertz CT molecular complexity index is 1040. The van der Waals surface area contributed by atoms with Crippen LogP contribution in [0.5, 0.6) is 5.75 Å². The number of aryl methyl sites for hydroxylation is 1. The maximum atomic E-state index is 12.6. The molecule has 0 radical (unpaired) electrons. The topological polar surface area (TPSA) is 72.5 Å². The van der Waals surface area contributed by atoms with Crippen molar-refractivity contribution >= 4 is 32.5 Å². The van der Waals surface area contributed by atoms with Gasteiger partial charge >= 0.3 is 5.97 Å². The summed E-state index contributed by atoms with van der Waals surface area (Å²) in [5.74, 6) is -0.0421. The number of ether oxygens (including phenoxy) is 1. The summed E-state index contributed by atoms with van der Waals surface area (Å²) in [7, 11) is -3.72. The van der Waals surface area contributed by atoms with E-state index in [1.807, 2.05) is 6.92 Å². The second kappa shape index (κ2) is 6.57. The molecule has 5 nitrogen and oxygen atoms in total. The van der Waals surface area contributed by atoms with E-state index in [9.17, 15) is 13.2 Å². The highest BCUT2D eigenvalue weighted by Gasteiger charge is 2.16. The molecule has 0 saturated carbocycles. The predicted octanol–water partition coefficient (Wildman–Crippen LogP) is 3.87. The fourth-order valence-electron chi connectivity index (χ4n) is 2.53. The molecule has 0 spiro atoms. The molecular formula is C19H17NO4S. The van der Waals surface area contributed by atoms with E-state index in [4.69, 9.17) is 4.74 Å². The first-order valence-electron chi connectivity index (χ1n) is 7.66. The molecule has 0 aliphatic heterocycles. The number of benzene rings is 3. The maximum Gasteiger partial charge on any atom is 0.308 e. The van der Waals surface area contributed by atoms with Gasteiger partial charge in [-0.2, -0.15) is 0 Å². The Hall–Kier alpha value is -2.86. The molecule has 3 aromatic carbocycles. The molecule has 0 saturated heterocycles. The van der Waals surface area contributed by atoms with Crippen LogP contribution in [-0.4, -0.2) is 14.4 Å². The smallest absolute Gasteiger partial charge is 0.308 e. The maximum absolute atomic E-state index is 12.6. The van der Waals surface area contributed by atoms with Crippen LogP contribution in [0.2, 0.25) is 0 Å².